The summed E-state index contributed by atoms with van der Waals surface area (Å²) in [5, 5.41) is 8.78. The van der Waals surface area contributed by atoms with Gasteiger partial charge in [-0.2, -0.15) is 0 Å². The summed E-state index contributed by atoms with van der Waals surface area (Å²) < 4.78 is 5.27. The molecule has 5 nitrogen and oxygen atoms in total. The summed E-state index contributed by atoms with van der Waals surface area (Å²) >= 11 is 0. The fourth-order valence-corrected chi connectivity index (χ4v) is 3.25. The first-order chi connectivity index (χ1) is 12.8. The third kappa shape index (κ3) is 3.77. The lowest BCUT2D eigenvalue weighted by molar-refractivity contribution is 0.129. The Bertz CT molecular complexity index is 887. The number of nitrogens with one attached hydrogen (secondary N) is 2. The lowest BCUT2D eigenvalue weighted by atomic mass is 9.86. The lowest BCUT2D eigenvalue weighted by Crippen LogP contribution is -2.49. The van der Waals surface area contributed by atoms with Crippen LogP contribution in [-0.4, -0.2) is 23.2 Å². The van der Waals surface area contributed by atoms with Crippen LogP contribution in [0.1, 0.15) is 18.4 Å². The van der Waals surface area contributed by atoms with E-state index in [1.807, 2.05) is 48.7 Å². The van der Waals surface area contributed by atoms with Crippen molar-refractivity contribution in [1.82, 2.24) is 10.3 Å². The number of amides is 1. The minimum Gasteiger partial charge on any atom is -0.445 e. The molecular weight excluding hydrogens is 326 g/mol. The molecule has 1 aliphatic rings. The summed E-state index contributed by atoms with van der Waals surface area (Å²) in [5.74, 6) is 0. The van der Waals surface area contributed by atoms with E-state index in [0.717, 1.165) is 29.5 Å². The van der Waals surface area contributed by atoms with Crippen molar-refractivity contribution in [3.8, 4) is 0 Å². The molecule has 0 saturated heterocycles. The van der Waals surface area contributed by atoms with Gasteiger partial charge in [0.1, 0.15) is 6.61 Å². The summed E-state index contributed by atoms with van der Waals surface area (Å²) in [6.07, 6.45) is 5.10. The van der Waals surface area contributed by atoms with Crippen LogP contribution in [0.3, 0.4) is 0 Å². The molecule has 0 bridgehead atoms. The van der Waals surface area contributed by atoms with Gasteiger partial charge in [-0.25, -0.2) is 4.79 Å². The molecule has 1 aromatic heterocycles. The second-order valence-electron chi connectivity index (χ2n) is 6.62. The smallest absolute Gasteiger partial charge is 0.407 e. The zero-order valence-corrected chi connectivity index (χ0v) is 14.4. The van der Waals surface area contributed by atoms with E-state index in [4.69, 9.17) is 4.74 Å². The quantitative estimate of drug-likeness (QED) is 0.729. The lowest BCUT2D eigenvalue weighted by Gasteiger charge is -2.36. The predicted molar refractivity (Wildman–Crippen MR) is 102 cm³/mol. The summed E-state index contributed by atoms with van der Waals surface area (Å²) in [5.41, 5.74) is 2.10. The monoisotopic (exact) mass is 347 g/mol. The van der Waals surface area contributed by atoms with Crippen LogP contribution in [0.5, 0.6) is 0 Å². The molecule has 5 heteroatoms. The number of benzene rings is 2. The third-order valence-electron chi connectivity index (χ3n) is 4.71. The first-order valence-electron chi connectivity index (χ1n) is 8.84. The maximum absolute atomic E-state index is 11.9. The van der Waals surface area contributed by atoms with Gasteiger partial charge in [0, 0.05) is 40.9 Å². The van der Waals surface area contributed by atoms with Crippen LogP contribution in [-0.2, 0) is 11.3 Å². The van der Waals surface area contributed by atoms with Crippen LogP contribution < -0.4 is 10.6 Å². The van der Waals surface area contributed by atoms with Gasteiger partial charge in [-0.3, -0.25) is 4.98 Å². The highest BCUT2D eigenvalue weighted by Gasteiger charge is 2.30. The largest absolute Gasteiger partial charge is 0.445 e. The van der Waals surface area contributed by atoms with Crippen molar-refractivity contribution in [3.05, 3.63) is 72.6 Å². The number of nitrogens with zero attached hydrogens (tertiary/aromatic N) is 1. The van der Waals surface area contributed by atoms with Crippen molar-refractivity contribution in [2.45, 2.75) is 31.5 Å². The van der Waals surface area contributed by atoms with Crippen molar-refractivity contribution >= 4 is 22.6 Å². The topological polar surface area (TPSA) is 63.2 Å². The molecule has 4 rings (SSSR count). The number of carbonyl (C=O) groups is 1. The maximum atomic E-state index is 11.9. The number of fused-ring (bicyclic) bond motifs is 1. The SMILES string of the molecule is O=C(NC1CC(Nc2cccc3cnccc23)C1)OCc1ccccc1. The summed E-state index contributed by atoms with van der Waals surface area (Å²) in [7, 11) is 0. The second-order valence-corrected chi connectivity index (χ2v) is 6.62. The van der Waals surface area contributed by atoms with E-state index in [0.29, 0.717) is 12.6 Å². The molecule has 0 atom stereocenters. The molecule has 1 aliphatic carbocycles. The molecule has 132 valence electrons. The van der Waals surface area contributed by atoms with Crippen molar-refractivity contribution in [1.29, 1.82) is 0 Å². The highest BCUT2D eigenvalue weighted by molar-refractivity contribution is 5.93. The van der Waals surface area contributed by atoms with Crippen molar-refractivity contribution in [2.24, 2.45) is 0 Å². The third-order valence-corrected chi connectivity index (χ3v) is 4.71. The highest BCUT2D eigenvalue weighted by atomic mass is 16.5. The molecule has 2 N–H and O–H groups in total. The van der Waals surface area contributed by atoms with Gasteiger partial charge in [0.15, 0.2) is 0 Å². The molecular formula is C21H21N3O2. The number of aromatic nitrogens is 1. The van der Waals surface area contributed by atoms with E-state index in [9.17, 15) is 4.79 Å². The molecule has 3 aromatic rings. The van der Waals surface area contributed by atoms with Crippen LogP contribution >= 0.6 is 0 Å². The van der Waals surface area contributed by atoms with E-state index in [-0.39, 0.29) is 12.1 Å². The van der Waals surface area contributed by atoms with Crippen LogP contribution in [0.4, 0.5) is 10.5 Å². The van der Waals surface area contributed by atoms with Gasteiger partial charge in [0.25, 0.3) is 0 Å². The zero-order chi connectivity index (χ0) is 17.8. The Morgan fingerprint density at radius 1 is 1.04 bits per heavy atom. The normalized spacial score (nSPS) is 18.8. The fourth-order valence-electron chi connectivity index (χ4n) is 3.25. The van der Waals surface area contributed by atoms with Crippen LogP contribution in [0.15, 0.2) is 67.0 Å². The second kappa shape index (κ2) is 7.44. The number of anilines is 1. The van der Waals surface area contributed by atoms with Gasteiger partial charge in [-0.15, -0.1) is 0 Å². The number of hydrogen-bond acceptors (Lipinski definition) is 4. The predicted octanol–water partition coefficient (Wildman–Crippen LogP) is 4.10. The number of pyridine rings is 1. The summed E-state index contributed by atoms with van der Waals surface area (Å²) in [4.78, 5) is 16.1. The molecule has 1 amide bonds. The molecule has 2 aromatic carbocycles. The van der Waals surface area contributed by atoms with Crippen LogP contribution in [0, 0.1) is 0 Å². The Morgan fingerprint density at radius 2 is 1.88 bits per heavy atom. The number of alkyl carbamates (subject to hydrolysis) is 1. The average molecular weight is 347 g/mol. The Balaban J connectivity index is 1.24. The highest BCUT2D eigenvalue weighted by Crippen LogP contribution is 2.28. The van der Waals surface area contributed by atoms with Crippen molar-refractivity contribution in [3.63, 3.8) is 0 Å². The van der Waals surface area contributed by atoms with Gasteiger partial charge in [0.2, 0.25) is 0 Å². The van der Waals surface area contributed by atoms with Gasteiger partial charge in [-0.1, -0.05) is 42.5 Å². The molecule has 26 heavy (non-hydrogen) atoms. The standard InChI is InChI=1S/C21H21N3O2/c25-21(26-14-15-5-2-1-3-6-15)24-18-11-17(12-18)23-20-8-4-7-16-13-22-10-9-19(16)20/h1-10,13,17-18,23H,11-12,14H2,(H,24,25). The molecule has 0 unspecified atom stereocenters. The van der Waals surface area contributed by atoms with Crippen LogP contribution in [0.25, 0.3) is 10.8 Å². The minimum absolute atomic E-state index is 0.160. The van der Waals surface area contributed by atoms with E-state index in [1.54, 1.807) is 6.20 Å². The average Bonchev–Trinajstić information content (AvgIpc) is 2.65. The Labute approximate surface area is 152 Å². The number of ether oxygens (including phenoxy) is 1. The van der Waals surface area contributed by atoms with E-state index in [1.165, 1.54) is 5.39 Å². The molecule has 1 saturated carbocycles. The number of rotatable bonds is 5. The van der Waals surface area contributed by atoms with Gasteiger partial charge in [-0.05, 0) is 30.5 Å². The summed E-state index contributed by atoms with van der Waals surface area (Å²) in [6.45, 7) is 0.297. The maximum Gasteiger partial charge on any atom is 0.407 e. The first kappa shape index (κ1) is 16.4. The molecule has 0 spiro atoms. The van der Waals surface area contributed by atoms with E-state index >= 15 is 0 Å². The van der Waals surface area contributed by atoms with E-state index < -0.39 is 0 Å². The van der Waals surface area contributed by atoms with Gasteiger partial charge in [0.05, 0.1) is 0 Å². The van der Waals surface area contributed by atoms with Crippen molar-refractivity contribution in [2.75, 3.05) is 5.32 Å². The first-order valence-corrected chi connectivity index (χ1v) is 8.84. The molecule has 0 radical (unpaired) electrons. The molecule has 1 heterocycles. The molecule has 0 aliphatic heterocycles. The fraction of sp³-hybridized carbons (Fsp3) is 0.238. The minimum atomic E-state index is -0.353. The van der Waals surface area contributed by atoms with Crippen LogP contribution in [0.2, 0.25) is 0 Å². The Kier molecular flexibility index (Phi) is 4.69. The Morgan fingerprint density at radius 3 is 2.73 bits per heavy atom. The number of carbonyl (C=O) groups excluding carboxylic acids is 1. The summed E-state index contributed by atoms with van der Waals surface area (Å²) in [6, 6.07) is 18.4. The Hall–Kier alpha value is -3.08. The number of hydrogen-bond donors (Lipinski definition) is 2. The van der Waals surface area contributed by atoms with E-state index in [2.05, 4.69) is 27.8 Å². The van der Waals surface area contributed by atoms with Crippen molar-refractivity contribution < 1.29 is 9.53 Å². The zero-order valence-electron chi connectivity index (χ0n) is 14.4. The van der Waals surface area contributed by atoms with Gasteiger partial charge < -0.3 is 15.4 Å². The molecule has 1 fully saturated rings. The van der Waals surface area contributed by atoms with Gasteiger partial charge >= 0.3 is 6.09 Å².